The molecule has 0 saturated carbocycles. The van der Waals surface area contributed by atoms with Crippen LogP contribution in [0.5, 0.6) is 0 Å². The highest BCUT2D eigenvalue weighted by Crippen LogP contribution is 2.32. The summed E-state index contributed by atoms with van der Waals surface area (Å²) in [5, 5.41) is 2.87. The second-order valence-electron chi connectivity index (χ2n) is 10.4. The molecule has 11 heteroatoms. The van der Waals surface area contributed by atoms with Gasteiger partial charge in [-0.05, 0) is 64.8 Å². The van der Waals surface area contributed by atoms with Crippen molar-refractivity contribution in [2.75, 3.05) is 17.1 Å². The SMILES string of the molecule is Cc1ccc(CN(C(=O)CCCN(c2cccc(C(F)(F)F)c2)S(C)(=O)=O)[C@@H](C)C(=O)NC(C)(C)C)cc1. The molecular weight excluding hydrogens is 519 g/mol. The summed E-state index contributed by atoms with van der Waals surface area (Å²) in [6.07, 6.45) is -3.79. The van der Waals surface area contributed by atoms with E-state index in [1.54, 1.807) is 6.92 Å². The van der Waals surface area contributed by atoms with Crippen LogP contribution >= 0.6 is 0 Å². The summed E-state index contributed by atoms with van der Waals surface area (Å²) in [5.41, 5.74) is 0.249. The van der Waals surface area contributed by atoms with Gasteiger partial charge in [-0.2, -0.15) is 13.2 Å². The van der Waals surface area contributed by atoms with E-state index in [1.807, 2.05) is 52.0 Å². The average Bonchev–Trinajstić information content (AvgIpc) is 2.78. The van der Waals surface area contributed by atoms with Crippen molar-refractivity contribution in [2.45, 2.75) is 71.8 Å². The van der Waals surface area contributed by atoms with Crippen molar-refractivity contribution in [1.82, 2.24) is 10.2 Å². The zero-order valence-corrected chi connectivity index (χ0v) is 23.4. The first-order chi connectivity index (χ1) is 17.4. The third-order valence-electron chi connectivity index (χ3n) is 5.75. The summed E-state index contributed by atoms with van der Waals surface area (Å²) < 4.78 is 65.2. The van der Waals surface area contributed by atoms with Crippen LogP contribution in [0.1, 0.15) is 57.2 Å². The molecule has 0 radical (unpaired) electrons. The van der Waals surface area contributed by atoms with Crippen LogP contribution in [0.25, 0.3) is 0 Å². The fourth-order valence-electron chi connectivity index (χ4n) is 3.79. The van der Waals surface area contributed by atoms with E-state index >= 15 is 0 Å². The highest BCUT2D eigenvalue weighted by molar-refractivity contribution is 7.92. The van der Waals surface area contributed by atoms with Crippen LogP contribution in [0, 0.1) is 6.92 Å². The minimum atomic E-state index is -4.63. The third kappa shape index (κ3) is 9.34. The Morgan fingerprint density at radius 3 is 2.16 bits per heavy atom. The molecule has 2 aromatic carbocycles. The van der Waals surface area contributed by atoms with E-state index in [4.69, 9.17) is 0 Å². The number of halogens is 3. The molecule has 7 nitrogen and oxygen atoms in total. The van der Waals surface area contributed by atoms with Gasteiger partial charge in [0, 0.05) is 25.0 Å². The largest absolute Gasteiger partial charge is 0.416 e. The highest BCUT2D eigenvalue weighted by atomic mass is 32.2. The number of nitrogens with zero attached hydrogens (tertiary/aromatic N) is 2. The number of amides is 2. The second-order valence-corrected chi connectivity index (χ2v) is 12.3. The first kappa shape index (κ1) is 31.1. The summed E-state index contributed by atoms with van der Waals surface area (Å²) in [4.78, 5) is 27.6. The molecule has 0 saturated heterocycles. The molecule has 0 spiro atoms. The predicted octanol–water partition coefficient (Wildman–Crippen LogP) is 4.89. The van der Waals surface area contributed by atoms with Crippen LogP contribution in [0.15, 0.2) is 48.5 Å². The van der Waals surface area contributed by atoms with E-state index in [1.165, 1.54) is 11.0 Å². The standard InChI is InChI=1S/C27H36F3N3O4S/c1-19-12-14-21(15-13-19)18-32(20(2)25(35)31-26(3,4)5)24(34)11-8-16-33(38(6,36)37)23-10-7-9-22(17-23)27(28,29)30/h7,9-10,12-15,17,20H,8,11,16,18H2,1-6H3,(H,31,35)/t20-/m0/s1. The smallest absolute Gasteiger partial charge is 0.350 e. The van der Waals surface area contributed by atoms with Crippen LogP contribution in [-0.2, 0) is 32.3 Å². The Balaban J connectivity index is 2.23. The number of alkyl halides is 3. The van der Waals surface area contributed by atoms with E-state index in [0.717, 1.165) is 39.9 Å². The van der Waals surface area contributed by atoms with Crippen molar-refractivity contribution < 1.29 is 31.2 Å². The van der Waals surface area contributed by atoms with Crippen molar-refractivity contribution >= 4 is 27.5 Å². The monoisotopic (exact) mass is 555 g/mol. The molecule has 0 unspecified atom stereocenters. The number of rotatable bonds is 10. The summed E-state index contributed by atoms with van der Waals surface area (Å²) in [6.45, 7) is 9.02. The predicted molar refractivity (Wildman–Crippen MR) is 142 cm³/mol. The number of hydrogen-bond acceptors (Lipinski definition) is 4. The lowest BCUT2D eigenvalue weighted by atomic mass is 10.1. The Morgan fingerprint density at radius 1 is 1.03 bits per heavy atom. The van der Waals surface area contributed by atoms with Gasteiger partial charge in [0.25, 0.3) is 0 Å². The van der Waals surface area contributed by atoms with Crippen molar-refractivity contribution in [1.29, 1.82) is 0 Å². The number of carbonyl (C=O) groups excluding carboxylic acids is 2. The molecule has 2 amide bonds. The van der Waals surface area contributed by atoms with E-state index in [-0.39, 0.29) is 43.4 Å². The fraction of sp³-hybridized carbons (Fsp3) is 0.481. The zero-order valence-electron chi connectivity index (χ0n) is 22.6. The van der Waals surface area contributed by atoms with Gasteiger partial charge < -0.3 is 10.2 Å². The maximum atomic E-state index is 13.3. The molecule has 210 valence electrons. The lowest BCUT2D eigenvalue weighted by Gasteiger charge is -2.32. The van der Waals surface area contributed by atoms with Gasteiger partial charge in [0.1, 0.15) is 6.04 Å². The molecule has 38 heavy (non-hydrogen) atoms. The molecule has 0 fully saturated rings. The van der Waals surface area contributed by atoms with Crippen molar-refractivity contribution in [3.8, 4) is 0 Å². The fourth-order valence-corrected chi connectivity index (χ4v) is 4.75. The summed E-state index contributed by atoms with van der Waals surface area (Å²) in [6, 6.07) is 10.8. The van der Waals surface area contributed by atoms with Gasteiger partial charge in [-0.25, -0.2) is 8.42 Å². The Morgan fingerprint density at radius 2 is 1.63 bits per heavy atom. The number of anilines is 1. The van der Waals surface area contributed by atoms with E-state index in [0.29, 0.717) is 0 Å². The third-order valence-corrected chi connectivity index (χ3v) is 6.95. The number of sulfonamides is 1. The molecule has 0 aliphatic carbocycles. The second kappa shape index (κ2) is 12.2. The lowest BCUT2D eigenvalue weighted by Crippen LogP contribution is -2.52. The first-order valence-corrected chi connectivity index (χ1v) is 14.1. The van der Waals surface area contributed by atoms with Gasteiger partial charge >= 0.3 is 6.18 Å². The Kier molecular flexibility index (Phi) is 9.99. The number of carbonyl (C=O) groups is 2. The van der Waals surface area contributed by atoms with Gasteiger partial charge in [0.15, 0.2) is 0 Å². The van der Waals surface area contributed by atoms with Crippen molar-refractivity contribution in [2.24, 2.45) is 0 Å². The van der Waals surface area contributed by atoms with Gasteiger partial charge in [0.05, 0.1) is 17.5 Å². The number of nitrogens with one attached hydrogen (secondary N) is 1. The molecule has 1 atom stereocenters. The molecule has 0 aromatic heterocycles. The number of benzene rings is 2. The Labute approximate surface area is 223 Å². The maximum Gasteiger partial charge on any atom is 0.416 e. The van der Waals surface area contributed by atoms with Crippen LogP contribution in [-0.4, -0.2) is 49.5 Å². The minimum absolute atomic E-state index is 0.0418. The van der Waals surface area contributed by atoms with Crippen molar-refractivity contribution in [3.05, 3.63) is 65.2 Å². The van der Waals surface area contributed by atoms with Crippen LogP contribution in [0.4, 0.5) is 18.9 Å². The molecule has 0 heterocycles. The minimum Gasteiger partial charge on any atom is -0.350 e. The number of hydrogen-bond donors (Lipinski definition) is 1. The first-order valence-electron chi connectivity index (χ1n) is 12.2. The molecule has 0 bridgehead atoms. The Hall–Kier alpha value is -3.08. The molecule has 1 N–H and O–H groups in total. The zero-order chi connectivity index (χ0) is 28.9. The average molecular weight is 556 g/mol. The molecule has 0 aliphatic rings. The van der Waals surface area contributed by atoms with Gasteiger partial charge in [-0.1, -0.05) is 35.9 Å². The quantitative estimate of drug-likeness (QED) is 0.452. The van der Waals surface area contributed by atoms with Gasteiger partial charge in [-0.3, -0.25) is 13.9 Å². The lowest BCUT2D eigenvalue weighted by molar-refractivity contribution is -0.141. The highest BCUT2D eigenvalue weighted by Gasteiger charge is 2.32. The van der Waals surface area contributed by atoms with E-state index in [9.17, 15) is 31.2 Å². The van der Waals surface area contributed by atoms with Crippen LogP contribution in [0.2, 0.25) is 0 Å². The topological polar surface area (TPSA) is 86.8 Å². The number of aryl methyl sites for hydroxylation is 1. The van der Waals surface area contributed by atoms with Gasteiger partial charge in [-0.15, -0.1) is 0 Å². The molecular formula is C27H36F3N3O4S. The summed E-state index contributed by atoms with van der Waals surface area (Å²) in [5.74, 6) is -0.709. The van der Waals surface area contributed by atoms with Gasteiger partial charge in [0.2, 0.25) is 21.8 Å². The molecule has 2 rings (SSSR count). The summed E-state index contributed by atoms with van der Waals surface area (Å²) in [7, 11) is -3.92. The molecule has 0 aliphatic heterocycles. The maximum absolute atomic E-state index is 13.3. The molecule has 2 aromatic rings. The summed E-state index contributed by atoms with van der Waals surface area (Å²) >= 11 is 0. The van der Waals surface area contributed by atoms with Crippen LogP contribution < -0.4 is 9.62 Å². The van der Waals surface area contributed by atoms with Crippen molar-refractivity contribution in [3.63, 3.8) is 0 Å². The van der Waals surface area contributed by atoms with E-state index in [2.05, 4.69) is 5.32 Å². The Bertz CT molecular complexity index is 1220. The van der Waals surface area contributed by atoms with Crippen LogP contribution in [0.3, 0.4) is 0 Å². The van der Waals surface area contributed by atoms with E-state index < -0.39 is 33.3 Å². The normalized spacial score (nSPS) is 13.1.